The number of hydrogen-bond donors (Lipinski definition) is 2. The second kappa shape index (κ2) is 7.00. The van der Waals surface area contributed by atoms with E-state index in [1.54, 1.807) is 6.07 Å². The van der Waals surface area contributed by atoms with Crippen molar-refractivity contribution in [3.63, 3.8) is 0 Å². The molecule has 4 nitrogen and oxygen atoms in total. The van der Waals surface area contributed by atoms with Crippen LogP contribution < -0.4 is 10.0 Å². The molecule has 21 heavy (non-hydrogen) atoms. The van der Waals surface area contributed by atoms with Gasteiger partial charge < -0.3 is 5.32 Å². The van der Waals surface area contributed by atoms with E-state index in [-0.39, 0.29) is 4.75 Å². The molecule has 0 amide bonds. The maximum atomic E-state index is 12.5. The monoisotopic (exact) mass is 392 g/mol. The van der Waals surface area contributed by atoms with Crippen molar-refractivity contribution in [1.82, 2.24) is 10.0 Å². The molecule has 1 atom stereocenters. The van der Waals surface area contributed by atoms with E-state index < -0.39 is 10.0 Å². The van der Waals surface area contributed by atoms with Gasteiger partial charge in [-0.05, 0) is 66.2 Å². The first kappa shape index (κ1) is 17.3. The highest BCUT2D eigenvalue weighted by molar-refractivity contribution is 9.10. The molecule has 1 aromatic rings. The minimum absolute atomic E-state index is 0.0195. The van der Waals surface area contributed by atoms with Gasteiger partial charge in [-0.1, -0.05) is 6.07 Å². The molecule has 0 bridgehead atoms. The smallest absolute Gasteiger partial charge is 0.241 e. The summed E-state index contributed by atoms with van der Waals surface area (Å²) in [6, 6.07) is 5.34. The van der Waals surface area contributed by atoms with Crippen molar-refractivity contribution in [2.45, 2.75) is 36.0 Å². The fraction of sp³-hybridized carbons (Fsp3) is 0.571. The van der Waals surface area contributed by atoms with Gasteiger partial charge in [0, 0.05) is 22.3 Å². The summed E-state index contributed by atoms with van der Waals surface area (Å²) < 4.78 is 28.3. The summed E-state index contributed by atoms with van der Waals surface area (Å²) in [5.74, 6) is 1.11. The molecule has 0 radical (unpaired) electrons. The van der Waals surface area contributed by atoms with Gasteiger partial charge >= 0.3 is 0 Å². The van der Waals surface area contributed by atoms with Crippen molar-refractivity contribution in [1.29, 1.82) is 0 Å². The molecule has 1 aliphatic heterocycles. The van der Waals surface area contributed by atoms with Gasteiger partial charge in [-0.2, -0.15) is 11.8 Å². The quantitative estimate of drug-likeness (QED) is 0.781. The molecule has 1 saturated heterocycles. The topological polar surface area (TPSA) is 58.2 Å². The second-order valence-corrected chi connectivity index (χ2v) is 9.79. The third kappa shape index (κ3) is 4.45. The van der Waals surface area contributed by atoms with Gasteiger partial charge in [-0.15, -0.1) is 0 Å². The van der Waals surface area contributed by atoms with Crippen molar-refractivity contribution >= 4 is 37.7 Å². The van der Waals surface area contributed by atoms with Crippen LogP contribution in [0.25, 0.3) is 0 Å². The Hall–Kier alpha value is -0.0800. The van der Waals surface area contributed by atoms with E-state index in [1.165, 1.54) is 0 Å². The SMILES string of the molecule is CNCc1ccc(S(=O)(=O)NCC2(C)CCCS2)c(Br)c1. The molecule has 0 spiro atoms. The van der Waals surface area contributed by atoms with Gasteiger partial charge in [0.2, 0.25) is 10.0 Å². The lowest BCUT2D eigenvalue weighted by Gasteiger charge is -2.23. The highest BCUT2D eigenvalue weighted by atomic mass is 79.9. The van der Waals surface area contributed by atoms with Crippen molar-refractivity contribution < 1.29 is 8.42 Å². The van der Waals surface area contributed by atoms with Gasteiger partial charge in [-0.25, -0.2) is 13.1 Å². The van der Waals surface area contributed by atoms with E-state index >= 15 is 0 Å². The Morgan fingerprint density at radius 1 is 1.43 bits per heavy atom. The number of benzene rings is 1. The molecule has 1 aliphatic rings. The summed E-state index contributed by atoms with van der Waals surface area (Å²) in [5, 5.41) is 3.05. The van der Waals surface area contributed by atoms with Gasteiger partial charge in [-0.3, -0.25) is 0 Å². The van der Waals surface area contributed by atoms with Gasteiger partial charge in [0.15, 0.2) is 0 Å². The largest absolute Gasteiger partial charge is 0.316 e. The molecule has 2 rings (SSSR count). The first-order valence-electron chi connectivity index (χ1n) is 6.93. The van der Waals surface area contributed by atoms with Gasteiger partial charge in [0.25, 0.3) is 0 Å². The zero-order valence-electron chi connectivity index (χ0n) is 12.3. The van der Waals surface area contributed by atoms with Crippen LogP contribution in [-0.2, 0) is 16.6 Å². The lowest BCUT2D eigenvalue weighted by Crippen LogP contribution is -2.36. The molecule has 1 aromatic carbocycles. The molecular formula is C14H21BrN2O2S2. The molecular weight excluding hydrogens is 372 g/mol. The van der Waals surface area contributed by atoms with Crippen LogP contribution in [0, 0.1) is 0 Å². The fourth-order valence-electron chi connectivity index (χ4n) is 2.38. The summed E-state index contributed by atoms with van der Waals surface area (Å²) in [5.41, 5.74) is 1.04. The first-order valence-corrected chi connectivity index (χ1v) is 10.2. The van der Waals surface area contributed by atoms with E-state index in [4.69, 9.17) is 0 Å². The summed E-state index contributed by atoms with van der Waals surface area (Å²) in [6.45, 7) is 3.31. The van der Waals surface area contributed by atoms with Crippen LogP contribution in [-0.4, -0.2) is 32.5 Å². The van der Waals surface area contributed by atoms with E-state index in [0.29, 0.717) is 22.5 Å². The zero-order valence-corrected chi connectivity index (χ0v) is 15.5. The Labute approximate surface area is 139 Å². The van der Waals surface area contributed by atoms with Crippen molar-refractivity contribution in [3.8, 4) is 0 Å². The van der Waals surface area contributed by atoms with Crippen LogP contribution in [0.1, 0.15) is 25.3 Å². The highest BCUT2D eigenvalue weighted by Gasteiger charge is 2.31. The number of halogens is 1. The van der Waals surface area contributed by atoms with Crippen LogP contribution in [0.5, 0.6) is 0 Å². The minimum Gasteiger partial charge on any atom is -0.316 e. The molecule has 2 N–H and O–H groups in total. The Kier molecular flexibility index (Phi) is 5.76. The van der Waals surface area contributed by atoms with Crippen molar-refractivity contribution in [3.05, 3.63) is 28.2 Å². The zero-order chi connectivity index (χ0) is 15.5. The van der Waals surface area contributed by atoms with Crippen LogP contribution in [0.4, 0.5) is 0 Å². The summed E-state index contributed by atoms with van der Waals surface area (Å²) in [6.07, 6.45) is 2.22. The van der Waals surface area contributed by atoms with E-state index in [2.05, 4.69) is 32.9 Å². The number of rotatable bonds is 6. The standard InChI is InChI=1S/C14H21BrN2O2S2/c1-14(6-3-7-20-14)10-17-21(18,19)13-5-4-11(9-16-2)8-12(13)15/h4-5,8,16-17H,3,6-7,9-10H2,1-2H3. The molecule has 1 fully saturated rings. The summed E-state index contributed by atoms with van der Waals surface area (Å²) >= 11 is 5.21. The Balaban J connectivity index is 2.12. The number of sulfonamides is 1. The van der Waals surface area contributed by atoms with Crippen molar-refractivity contribution in [2.75, 3.05) is 19.3 Å². The predicted molar refractivity (Wildman–Crippen MR) is 92.2 cm³/mol. The molecule has 0 aromatic heterocycles. The average molecular weight is 393 g/mol. The first-order chi connectivity index (χ1) is 9.86. The summed E-state index contributed by atoms with van der Waals surface area (Å²) in [4.78, 5) is 0.300. The van der Waals surface area contributed by atoms with Crippen LogP contribution in [0.3, 0.4) is 0 Å². The van der Waals surface area contributed by atoms with Crippen LogP contribution >= 0.6 is 27.7 Å². The van der Waals surface area contributed by atoms with E-state index in [1.807, 2.05) is 30.9 Å². The Bertz CT molecular complexity index is 599. The molecule has 0 saturated carbocycles. The number of thioether (sulfide) groups is 1. The normalized spacial score (nSPS) is 22.6. The van der Waals surface area contributed by atoms with Gasteiger partial charge in [0.05, 0.1) is 4.90 Å². The Morgan fingerprint density at radius 3 is 2.76 bits per heavy atom. The minimum atomic E-state index is -3.48. The molecule has 118 valence electrons. The number of hydrogen-bond acceptors (Lipinski definition) is 4. The molecule has 1 unspecified atom stereocenters. The Morgan fingerprint density at radius 2 is 2.19 bits per heavy atom. The molecule has 1 heterocycles. The maximum absolute atomic E-state index is 12.5. The maximum Gasteiger partial charge on any atom is 0.241 e. The molecule has 7 heteroatoms. The number of nitrogens with one attached hydrogen (secondary N) is 2. The van der Waals surface area contributed by atoms with E-state index in [9.17, 15) is 8.42 Å². The van der Waals surface area contributed by atoms with Crippen LogP contribution in [0.15, 0.2) is 27.6 Å². The van der Waals surface area contributed by atoms with Crippen molar-refractivity contribution in [2.24, 2.45) is 0 Å². The van der Waals surface area contributed by atoms with Gasteiger partial charge in [0.1, 0.15) is 0 Å². The third-order valence-corrected chi connectivity index (χ3v) is 7.52. The van der Waals surface area contributed by atoms with E-state index in [0.717, 1.165) is 24.2 Å². The second-order valence-electron chi connectivity index (χ2n) is 5.52. The lowest BCUT2D eigenvalue weighted by molar-refractivity contribution is 0.552. The van der Waals surface area contributed by atoms with Crippen LogP contribution in [0.2, 0.25) is 0 Å². The lowest BCUT2D eigenvalue weighted by atomic mass is 10.1. The molecule has 0 aliphatic carbocycles. The average Bonchev–Trinajstić information content (AvgIpc) is 2.85. The third-order valence-electron chi connectivity index (χ3n) is 3.60. The fourth-order valence-corrected chi connectivity index (χ4v) is 6.01. The predicted octanol–water partition coefficient (Wildman–Crippen LogP) is 2.73. The highest BCUT2D eigenvalue weighted by Crippen LogP contribution is 2.37. The summed E-state index contributed by atoms with van der Waals surface area (Å²) in [7, 11) is -1.62.